The molecular formula is C17H23NO5. The highest BCUT2D eigenvalue weighted by atomic mass is 16.7. The molecule has 3 rings (SSSR count). The van der Waals surface area contributed by atoms with Crippen LogP contribution in [0.2, 0.25) is 0 Å². The third-order valence-electron chi connectivity index (χ3n) is 4.41. The molecule has 2 fully saturated rings. The van der Waals surface area contributed by atoms with Gasteiger partial charge in [-0.2, -0.15) is 0 Å². The number of likely N-dealkylation sites (tertiary alicyclic amines) is 1. The van der Waals surface area contributed by atoms with Crippen LogP contribution in [0.1, 0.15) is 29.6 Å². The third kappa shape index (κ3) is 3.28. The number of benzene rings is 1. The smallest absolute Gasteiger partial charge is 0.258 e. The lowest BCUT2D eigenvalue weighted by Crippen LogP contribution is -2.50. The summed E-state index contributed by atoms with van der Waals surface area (Å²) in [6, 6.07) is 5.22. The fourth-order valence-corrected chi connectivity index (χ4v) is 3.23. The Labute approximate surface area is 136 Å². The molecule has 2 saturated heterocycles. The van der Waals surface area contributed by atoms with E-state index in [9.17, 15) is 4.79 Å². The van der Waals surface area contributed by atoms with E-state index in [-0.39, 0.29) is 18.2 Å². The van der Waals surface area contributed by atoms with Crippen molar-refractivity contribution in [2.75, 3.05) is 34.0 Å². The van der Waals surface area contributed by atoms with Gasteiger partial charge in [0.25, 0.3) is 5.91 Å². The number of ether oxygens (including phenoxy) is 4. The van der Waals surface area contributed by atoms with E-state index in [1.165, 1.54) is 0 Å². The van der Waals surface area contributed by atoms with Crippen LogP contribution in [0.4, 0.5) is 0 Å². The first-order chi connectivity index (χ1) is 11.2. The van der Waals surface area contributed by atoms with E-state index in [4.69, 9.17) is 18.9 Å². The monoisotopic (exact) mass is 321 g/mol. The standard InChI is InChI=1S/C17H23NO5/c1-20-12-6-7-15(21-2)13(11-12)16(19)18-8-4-3-5-14(18)17-22-9-10-23-17/h6-7,11,14,17H,3-5,8-10H2,1-2H3. The van der Waals surface area contributed by atoms with E-state index in [0.717, 1.165) is 19.3 Å². The lowest BCUT2D eigenvalue weighted by atomic mass is 10.00. The van der Waals surface area contributed by atoms with Gasteiger partial charge in [-0.15, -0.1) is 0 Å². The predicted octanol–water partition coefficient (Wildman–Crippen LogP) is 2.07. The second-order valence-electron chi connectivity index (χ2n) is 5.74. The molecule has 0 radical (unpaired) electrons. The summed E-state index contributed by atoms with van der Waals surface area (Å²) >= 11 is 0. The Balaban J connectivity index is 1.87. The van der Waals surface area contributed by atoms with Crippen molar-refractivity contribution in [3.05, 3.63) is 23.8 Å². The Morgan fingerprint density at radius 2 is 1.96 bits per heavy atom. The van der Waals surface area contributed by atoms with Crippen LogP contribution in [0.25, 0.3) is 0 Å². The van der Waals surface area contributed by atoms with Gasteiger partial charge in [0.05, 0.1) is 39.0 Å². The van der Waals surface area contributed by atoms with Gasteiger partial charge in [-0.1, -0.05) is 0 Å². The summed E-state index contributed by atoms with van der Waals surface area (Å²) in [6.45, 7) is 1.88. The molecule has 0 aromatic heterocycles. The molecule has 0 spiro atoms. The number of rotatable bonds is 4. The summed E-state index contributed by atoms with van der Waals surface area (Å²) in [5.41, 5.74) is 0.511. The Bertz CT molecular complexity index is 556. The fourth-order valence-electron chi connectivity index (χ4n) is 3.23. The van der Waals surface area contributed by atoms with Crippen molar-refractivity contribution in [1.82, 2.24) is 4.90 Å². The summed E-state index contributed by atoms with van der Waals surface area (Å²) in [7, 11) is 3.15. The molecular weight excluding hydrogens is 298 g/mol. The minimum absolute atomic E-state index is 0.0466. The largest absolute Gasteiger partial charge is 0.497 e. The van der Waals surface area contributed by atoms with Gasteiger partial charge in [0.15, 0.2) is 6.29 Å². The average Bonchev–Trinajstić information content (AvgIpc) is 3.15. The number of amides is 1. The van der Waals surface area contributed by atoms with Gasteiger partial charge < -0.3 is 23.8 Å². The van der Waals surface area contributed by atoms with Gasteiger partial charge in [0.2, 0.25) is 0 Å². The SMILES string of the molecule is COc1ccc(OC)c(C(=O)N2CCCCC2C2OCCO2)c1. The zero-order valence-corrected chi connectivity index (χ0v) is 13.6. The minimum Gasteiger partial charge on any atom is -0.497 e. The van der Waals surface area contributed by atoms with Gasteiger partial charge in [-0.3, -0.25) is 4.79 Å². The molecule has 1 amide bonds. The third-order valence-corrected chi connectivity index (χ3v) is 4.41. The molecule has 0 bridgehead atoms. The zero-order chi connectivity index (χ0) is 16.2. The minimum atomic E-state index is -0.323. The summed E-state index contributed by atoms with van der Waals surface area (Å²) in [5.74, 6) is 1.12. The molecule has 2 heterocycles. The number of hydrogen-bond donors (Lipinski definition) is 0. The van der Waals surface area contributed by atoms with Crippen molar-refractivity contribution < 1.29 is 23.7 Å². The van der Waals surface area contributed by atoms with E-state index in [1.54, 1.807) is 32.4 Å². The molecule has 2 aliphatic rings. The molecule has 0 aliphatic carbocycles. The Morgan fingerprint density at radius 3 is 2.65 bits per heavy atom. The summed E-state index contributed by atoms with van der Waals surface area (Å²) in [4.78, 5) is 15.0. The Hall–Kier alpha value is -1.79. The number of methoxy groups -OCH3 is 2. The van der Waals surface area contributed by atoms with E-state index in [0.29, 0.717) is 36.8 Å². The van der Waals surface area contributed by atoms with Crippen molar-refractivity contribution in [3.8, 4) is 11.5 Å². The van der Waals surface area contributed by atoms with Crippen molar-refractivity contribution in [2.24, 2.45) is 0 Å². The van der Waals surface area contributed by atoms with Crippen LogP contribution in [0.5, 0.6) is 11.5 Å². The van der Waals surface area contributed by atoms with Crippen LogP contribution in [0.3, 0.4) is 0 Å². The molecule has 1 aromatic rings. The summed E-state index contributed by atoms with van der Waals surface area (Å²) < 4.78 is 21.9. The quantitative estimate of drug-likeness (QED) is 0.850. The maximum absolute atomic E-state index is 13.1. The number of carbonyl (C=O) groups excluding carboxylic acids is 1. The van der Waals surface area contributed by atoms with Gasteiger partial charge in [-0.25, -0.2) is 0 Å². The lowest BCUT2D eigenvalue weighted by molar-refractivity contribution is -0.100. The predicted molar refractivity (Wildman–Crippen MR) is 83.9 cm³/mol. The average molecular weight is 321 g/mol. The first-order valence-corrected chi connectivity index (χ1v) is 8.01. The van der Waals surface area contributed by atoms with Crippen LogP contribution >= 0.6 is 0 Å². The first-order valence-electron chi connectivity index (χ1n) is 8.01. The molecule has 0 saturated carbocycles. The first kappa shape index (κ1) is 16.1. The van der Waals surface area contributed by atoms with Gasteiger partial charge in [0, 0.05) is 6.54 Å². The van der Waals surface area contributed by atoms with Crippen molar-refractivity contribution in [2.45, 2.75) is 31.6 Å². The molecule has 6 heteroatoms. The normalized spacial score (nSPS) is 22.2. The number of carbonyl (C=O) groups is 1. The highest BCUT2D eigenvalue weighted by Gasteiger charge is 2.37. The second-order valence-corrected chi connectivity index (χ2v) is 5.74. The molecule has 1 aromatic carbocycles. The Morgan fingerprint density at radius 1 is 1.17 bits per heavy atom. The fraction of sp³-hybridized carbons (Fsp3) is 0.588. The van der Waals surface area contributed by atoms with Crippen LogP contribution < -0.4 is 9.47 Å². The van der Waals surface area contributed by atoms with Gasteiger partial charge in [0.1, 0.15) is 11.5 Å². The van der Waals surface area contributed by atoms with Crippen molar-refractivity contribution >= 4 is 5.91 Å². The zero-order valence-electron chi connectivity index (χ0n) is 13.6. The molecule has 0 N–H and O–H groups in total. The molecule has 1 atom stereocenters. The lowest BCUT2D eigenvalue weighted by Gasteiger charge is -2.38. The highest BCUT2D eigenvalue weighted by molar-refractivity contribution is 5.97. The summed E-state index contributed by atoms with van der Waals surface area (Å²) in [6.07, 6.45) is 2.63. The van der Waals surface area contributed by atoms with Crippen LogP contribution in [0, 0.1) is 0 Å². The van der Waals surface area contributed by atoms with E-state index >= 15 is 0 Å². The van der Waals surface area contributed by atoms with Crippen LogP contribution in [0.15, 0.2) is 18.2 Å². The molecule has 2 aliphatic heterocycles. The highest BCUT2D eigenvalue weighted by Crippen LogP contribution is 2.30. The second kappa shape index (κ2) is 7.19. The van der Waals surface area contributed by atoms with E-state index in [2.05, 4.69) is 0 Å². The topological polar surface area (TPSA) is 57.2 Å². The summed E-state index contributed by atoms with van der Waals surface area (Å²) in [5, 5.41) is 0. The molecule has 23 heavy (non-hydrogen) atoms. The van der Waals surface area contributed by atoms with E-state index in [1.807, 2.05) is 4.90 Å². The number of hydrogen-bond acceptors (Lipinski definition) is 5. The molecule has 1 unspecified atom stereocenters. The Kier molecular flexibility index (Phi) is 5.03. The van der Waals surface area contributed by atoms with Gasteiger partial charge >= 0.3 is 0 Å². The molecule has 6 nitrogen and oxygen atoms in total. The van der Waals surface area contributed by atoms with Crippen molar-refractivity contribution in [1.29, 1.82) is 0 Å². The van der Waals surface area contributed by atoms with Crippen LogP contribution in [-0.2, 0) is 9.47 Å². The maximum Gasteiger partial charge on any atom is 0.258 e. The van der Waals surface area contributed by atoms with Crippen LogP contribution in [-0.4, -0.2) is 57.1 Å². The number of piperidine rings is 1. The van der Waals surface area contributed by atoms with Crippen molar-refractivity contribution in [3.63, 3.8) is 0 Å². The molecule has 126 valence electrons. The van der Waals surface area contributed by atoms with E-state index < -0.39 is 0 Å². The maximum atomic E-state index is 13.1. The number of nitrogens with zero attached hydrogens (tertiary/aromatic N) is 1. The van der Waals surface area contributed by atoms with Gasteiger partial charge in [-0.05, 0) is 37.5 Å².